The molecule has 110 valence electrons. The second kappa shape index (κ2) is 6.59. The van der Waals surface area contributed by atoms with Crippen molar-refractivity contribution in [1.29, 1.82) is 0 Å². The van der Waals surface area contributed by atoms with Gasteiger partial charge in [-0.2, -0.15) is 0 Å². The van der Waals surface area contributed by atoms with Crippen LogP contribution in [-0.2, 0) is 9.47 Å². The van der Waals surface area contributed by atoms with Crippen LogP contribution in [-0.4, -0.2) is 25.2 Å². The van der Waals surface area contributed by atoms with Crippen molar-refractivity contribution in [3.8, 4) is 11.1 Å². The second-order valence-corrected chi connectivity index (χ2v) is 4.45. The van der Waals surface area contributed by atoms with Crippen LogP contribution in [0, 0.1) is 0 Å². The number of hydrogen-bond donors (Lipinski definition) is 0. The molecule has 0 aliphatic heterocycles. The monoisotopic (exact) mass is 308 g/mol. The minimum atomic E-state index is -0.739. The SMILES string of the molecule is [2H]c1cccc([2H])c2c(C(=O)OCC)c(Cl)c(C(=O)OCC)c1-2. The van der Waals surface area contributed by atoms with Crippen LogP contribution in [0.3, 0.4) is 0 Å². The molecule has 0 bridgehead atoms. The first-order chi connectivity index (χ1) is 10.9. The van der Waals surface area contributed by atoms with E-state index < -0.39 is 11.9 Å². The van der Waals surface area contributed by atoms with Gasteiger partial charge in [0.05, 0.1) is 32.1 Å². The molecule has 0 aromatic rings. The van der Waals surface area contributed by atoms with Gasteiger partial charge in [0, 0.05) is 0 Å². The van der Waals surface area contributed by atoms with Crippen molar-refractivity contribution in [2.75, 3.05) is 13.2 Å². The van der Waals surface area contributed by atoms with E-state index in [4.69, 9.17) is 23.8 Å². The van der Waals surface area contributed by atoms with Crippen molar-refractivity contribution in [2.45, 2.75) is 13.8 Å². The Bertz CT molecular complexity index is 687. The quantitative estimate of drug-likeness (QED) is 0.806. The fourth-order valence-electron chi connectivity index (χ4n) is 1.98. The maximum Gasteiger partial charge on any atom is 0.340 e. The number of carbonyl (C=O) groups is 2. The fourth-order valence-corrected chi connectivity index (χ4v) is 2.33. The molecule has 0 amide bonds. The van der Waals surface area contributed by atoms with Crippen LogP contribution < -0.4 is 0 Å². The van der Waals surface area contributed by atoms with Crippen molar-refractivity contribution < 1.29 is 21.8 Å². The van der Waals surface area contributed by atoms with E-state index in [9.17, 15) is 9.59 Å². The maximum absolute atomic E-state index is 12.2. The summed E-state index contributed by atoms with van der Waals surface area (Å²) in [6, 6.07) is 4.29. The number of hydrogen-bond acceptors (Lipinski definition) is 4. The van der Waals surface area contributed by atoms with Crippen molar-refractivity contribution in [3.63, 3.8) is 0 Å². The number of ether oxygens (including phenoxy) is 2. The molecule has 5 heteroatoms. The number of halogens is 1. The summed E-state index contributed by atoms with van der Waals surface area (Å²) in [6.45, 7) is 3.52. The average Bonchev–Trinajstić information content (AvgIpc) is 2.73. The van der Waals surface area contributed by atoms with E-state index in [1.807, 2.05) is 0 Å². The summed E-state index contributed by atoms with van der Waals surface area (Å²) in [6.07, 6.45) is 0. The molecule has 0 saturated carbocycles. The molecule has 0 N–H and O–H groups in total. The molecule has 0 radical (unpaired) electrons. The Kier molecular flexibility index (Phi) is 3.97. The van der Waals surface area contributed by atoms with Crippen LogP contribution in [0.2, 0.25) is 5.02 Å². The van der Waals surface area contributed by atoms with Crippen molar-refractivity contribution in [3.05, 3.63) is 46.4 Å². The molecule has 0 aromatic carbocycles. The van der Waals surface area contributed by atoms with Crippen LogP contribution in [0.1, 0.15) is 37.3 Å². The van der Waals surface area contributed by atoms with Crippen LogP contribution in [0.25, 0.3) is 11.1 Å². The predicted octanol–water partition coefficient (Wildman–Crippen LogP) is 3.80. The number of esters is 2. The molecule has 4 nitrogen and oxygen atoms in total. The van der Waals surface area contributed by atoms with Gasteiger partial charge < -0.3 is 9.47 Å². The van der Waals surface area contributed by atoms with Crippen LogP contribution in [0.4, 0.5) is 0 Å². The van der Waals surface area contributed by atoms with Crippen molar-refractivity contribution >= 4 is 23.5 Å². The molecule has 0 saturated heterocycles. The Morgan fingerprint density at radius 1 is 1.00 bits per heavy atom. The lowest BCUT2D eigenvalue weighted by Crippen LogP contribution is -2.06. The summed E-state index contributed by atoms with van der Waals surface area (Å²) in [5.41, 5.74) is 0.0699. The molecule has 2 aliphatic rings. The van der Waals surface area contributed by atoms with Gasteiger partial charge in [-0.05, 0) is 25.0 Å². The van der Waals surface area contributed by atoms with Gasteiger partial charge in [0.2, 0.25) is 0 Å². The molecule has 0 heterocycles. The predicted molar refractivity (Wildman–Crippen MR) is 80.0 cm³/mol. The third kappa shape index (κ3) is 2.85. The van der Waals surface area contributed by atoms with E-state index in [1.165, 1.54) is 18.2 Å². The third-order valence-electron chi connectivity index (χ3n) is 2.80. The van der Waals surface area contributed by atoms with Crippen molar-refractivity contribution in [2.24, 2.45) is 0 Å². The first kappa shape index (κ1) is 12.7. The molecule has 21 heavy (non-hydrogen) atoms. The minimum Gasteiger partial charge on any atom is -0.462 e. The molecule has 2 rings (SSSR count). The van der Waals surface area contributed by atoms with E-state index in [-0.39, 0.29) is 52.6 Å². The number of rotatable bonds is 4. The lowest BCUT2D eigenvalue weighted by atomic mass is 10.1. The van der Waals surface area contributed by atoms with Gasteiger partial charge in [0.1, 0.15) is 0 Å². The summed E-state index contributed by atoms with van der Waals surface area (Å²) in [4.78, 5) is 24.5. The van der Waals surface area contributed by atoms with E-state index >= 15 is 0 Å². The minimum absolute atomic E-state index is 0.0287. The molecular formula is C16H15ClO4. The normalized spacial score (nSPS) is 11.8. The maximum atomic E-state index is 12.2. The van der Waals surface area contributed by atoms with E-state index in [0.29, 0.717) is 0 Å². The smallest absolute Gasteiger partial charge is 0.340 e. The van der Waals surface area contributed by atoms with Crippen LogP contribution in [0.5, 0.6) is 0 Å². The molecule has 0 atom stereocenters. The van der Waals surface area contributed by atoms with Crippen molar-refractivity contribution in [1.82, 2.24) is 0 Å². The highest BCUT2D eigenvalue weighted by Gasteiger charge is 2.30. The van der Waals surface area contributed by atoms with Gasteiger partial charge in [0.15, 0.2) is 0 Å². The zero-order valence-electron chi connectivity index (χ0n) is 13.7. The second-order valence-electron chi connectivity index (χ2n) is 4.07. The van der Waals surface area contributed by atoms with E-state index in [0.717, 1.165) is 0 Å². The first-order valence-electron chi connectivity index (χ1n) is 7.49. The lowest BCUT2D eigenvalue weighted by molar-refractivity contribution is 0.0525. The number of fused-ring (bicyclic) bond motifs is 1. The topological polar surface area (TPSA) is 52.6 Å². The largest absolute Gasteiger partial charge is 0.462 e. The zero-order valence-corrected chi connectivity index (χ0v) is 12.4. The van der Waals surface area contributed by atoms with Gasteiger partial charge in [-0.25, -0.2) is 9.59 Å². The fraction of sp³-hybridized carbons (Fsp3) is 0.250. The summed E-state index contributed by atoms with van der Waals surface area (Å²) in [5.74, 6) is -1.48. The highest BCUT2D eigenvalue weighted by atomic mass is 35.5. The lowest BCUT2D eigenvalue weighted by Gasteiger charge is -2.02. The summed E-state index contributed by atoms with van der Waals surface area (Å²) < 4.78 is 26.1. The Morgan fingerprint density at radius 3 is 1.81 bits per heavy atom. The zero-order chi connectivity index (χ0) is 17.1. The van der Waals surface area contributed by atoms with Gasteiger partial charge in [-0.15, -0.1) is 0 Å². The molecular weight excluding hydrogens is 292 g/mol. The first-order valence-corrected chi connectivity index (χ1v) is 6.87. The molecule has 0 spiro atoms. The van der Waals surface area contributed by atoms with E-state index in [2.05, 4.69) is 0 Å². The van der Waals surface area contributed by atoms with E-state index in [1.54, 1.807) is 13.8 Å². The average molecular weight is 309 g/mol. The van der Waals surface area contributed by atoms with Gasteiger partial charge in [-0.3, -0.25) is 0 Å². The Hall–Kier alpha value is -2.07. The molecule has 0 unspecified atom stereocenters. The standard InChI is InChI=1S/C16H15ClO4/c1-3-20-15(18)12-10-8-6-5-7-9-11(10)13(14(12)17)16(19)21-4-2/h5-9H,3-4H2,1-2H3/i8D,9D. The Balaban J connectivity index is 2.86. The Labute approximate surface area is 130 Å². The summed E-state index contributed by atoms with van der Waals surface area (Å²) >= 11 is 6.23. The van der Waals surface area contributed by atoms with Crippen LogP contribution >= 0.6 is 11.6 Å². The third-order valence-corrected chi connectivity index (χ3v) is 3.17. The highest BCUT2D eigenvalue weighted by Crippen LogP contribution is 2.40. The van der Waals surface area contributed by atoms with Gasteiger partial charge in [0.25, 0.3) is 0 Å². The molecule has 0 aromatic heterocycles. The Morgan fingerprint density at radius 2 is 1.43 bits per heavy atom. The number of carbonyl (C=O) groups excluding carboxylic acids is 2. The highest BCUT2D eigenvalue weighted by molar-refractivity contribution is 6.39. The summed E-state index contributed by atoms with van der Waals surface area (Å²) in [7, 11) is 0. The van der Waals surface area contributed by atoms with Crippen LogP contribution in [0.15, 0.2) is 30.3 Å². The van der Waals surface area contributed by atoms with Gasteiger partial charge >= 0.3 is 11.9 Å². The molecule has 2 aliphatic carbocycles. The summed E-state index contributed by atoms with van der Waals surface area (Å²) in [5, 5.41) is -0.148. The van der Waals surface area contributed by atoms with Gasteiger partial charge in [-0.1, -0.05) is 41.9 Å². The molecule has 0 fully saturated rings.